The molecule has 1 saturated carbocycles. The third kappa shape index (κ3) is 2.19. The molecular formula is C9H18S. The maximum absolute atomic E-state index is 2.42. The molecule has 1 heteroatoms. The molecular weight excluding hydrogens is 140 g/mol. The lowest BCUT2D eigenvalue weighted by molar-refractivity contribution is 0.282. The zero-order chi connectivity index (χ0) is 7.40. The molecule has 10 heavy (non-hydrogen) atoms. The number of thioether (sulfide) groups is 1. The molecule has 0 amide bonds. The van der Waals surface area contributed by atoms with E-state index in [1.165, 1.54) is 31.4 Å². The second-order valence-electron chi connectivity index (χ2n) is 3.48. The lowest BCUT2D eigenvalue weighted by Gasteiger charge is -2.27. The minimum atomic E-state index is 1.00. The Morgan fingerprint density at radius 3 is 2.60 bits per heavy atom. The highest BCUT2D eigenvalue weighted by Gasteiger charge is 2.19. The molecule has 0 bridgehead atoms. The van der Waals surface area contributed by atoms with E-state index in [-0.39, 0.29) is 0 Å². The Morgan fingerprint density at radius 2 is 2.00 bits per heavy atom. The van der Waals surface area contributed by atoms with E-state index in [9.17, 15) is 0 Å². The molecule has 0 N–H and O–H groups in total. The van der Waals surface area contributed by atoms with Gasteiger partial charge in [-0.1, -0.05) is 26.2 Å². The maximum Gasteiger partial charge on any atom is -0.00394 e. The Hall–Kier alpha value is 0.350. The van der Waals surface area contributed by atoms with Crippen molar-refractivity contribution in [1.82, 2.24) is 0 Å². The second-order valence-corrected chi connectivity index (χ2v) is 4.39. The van der Waals surface area contributed by atoms with Gasteiger partial charge in [0.25, 0.3) is 0 Å². The molecule has 0 aromatic heterocycles. The van der Waals surface area contributed by atoms with Gasteiger partial charge in [-0.2, -0.15) is 11.8 Å². The topological polar surface area (TPSA) is 0 Å². The van der Waals surface area contributed by atoms with Crippen LogP contribution in [0.2, 0.25) is 0 Å². The van der Waals surface area contributed by atoms with E-state index in [1.807, 2.05) is 11.8 Å². The highest BCUT2D eigenvalue weighted by atomic mass is 32.2. The van der Waals surface area contributed by atoms with Crippen LogP contribution in [0.1, 0.15) is 32.6 Å². The summed E-state index contributed by atoms with van der Waals surface area (Å²) in [6.07, 6.45) is 8.15. The fourth-order valence-electron chi connectivity index (χ4n) is 1.85. The van der Waals surface area contributed by atoms with E-state index in [0.29, 0.717) is 0 Å². The summed E-state index contributed by atoms with van der Waals surface area (Å²) in [5.41, 5.74) is 0. The van der Waals surface area contributed by atoms with Gasteiger partial charge in [0.15, 0.2) is 0 Å². The van der Waals surface area contributed by atoms with E-state index < -0.39 is 0 Å². The molecule has 60 valence electrons. The van der Waals surface area contributed by atoms with Crippen molar-refractivity contribution < 1.29 is 0 Å². The lowest BCUT2D eigenvalue weighted by atomic mass is 9.82. The van der Waals surface area contributed by atoms with Crippen LogP contribution >= 0.6 is 11.8 Å². The average Bonchev–Trinajstić information content (AvgIpc) is 1.94. The molecule has 0 nitrogen and oxygen atoms in total. The molecule has 1 aliphatic carbocycles. The van der Waals surface area contributed by atoms with E-state index in [0.717, 1.165) is 11.8 Å². The van der Waals surface area contributed by atoms with Crippen molar-refractivity contribution in [3.05, 3.63) is 0 Å². The van der Waals surface area contributed by atoms with Gasteiger partial charge < -0.3 is 0 Å². The molecule has 0 aromatic carbocycles. The van der Waals surface area contributed by atoms with Crippen LogP contribution in [-0.4, -0.2) is 12.0 Å². The van der Waals surface area contributed by atoms with Gasteiger partial charge in [0.2, 0.25) is 0 Å². The van der Waals surface area contributed by atoms with Crippen LogP contribution in [0.15, 0.2) is 0 Å². The van der Waals surface area contributed by atoms with Gasteiger partial charge in [-0.15, -0.1) is 0 Å². The Labute approximate surface area is 68.8 Å². The zero-order valence-corrected chi connectivity index (χ0v) is 7.91. The summed E-state index contributed by atoms with van der Waals surface area (Å²) in [5, 5.41) is 0. The predicted octanol–water partition coefficient (Wildman–Crippen LogP) is 3.18. The van der Waals surface area contributed by atoms with Crippen molar-refractivity contribution in [2.75, 3.05) is 12.0 Å². The van der Waals surface area contributed by atoms with Crippen molar-refractivity contribution in [2.24, 2.45) is 11.8 Å². The summed E-state index contributed by atoms with van der Waals surface area (Å²) in [7, 11) is 0. The first-order chi connectivity index (χ1) is 4.84. The van der Waals surface area contributed by atoms with Crippen LogP contribution in [0.25, 0.3) is 0 Å². The molecule has 1 aliphatic rings. The maximum atomic E-state index is 2.42. The number of hydrogen-bond donors (Lipinski definition) is 0. The van der Waals surface area contributed by atoms with E-state index in [4.69, 9.17) is 0 Å². The van der Waals surface area contributed by atoms with E-state index >= 15 is 0 Å². The highest BCUT2D eigenvalue weighted by Crippen LogP contribution is 2.31. The first-order valence-corrected chi connectivity index (χ1v) is 5.73. The summed E-state index contributed by atoms with van der Waals surface area (Å²) in [4.78, 5) is 0. The molecule has 0 saturated heterocycles. The second kappa shape index (κ2) is 4.27. The van der Waals surface area contributed by atoms with Crippen LogP contribution in [0.4, 0.5) is 0 Å². The number of rotatable bonds is 2. The normalized spacial score (nSPS) is 34.2. The fourth-order valence-corrected chi connectivity index (χ4v) is 2.78. The average molecular weight is 158 g/mol. The summed E-state index contributed by atoms with van der Waals surface area (Å²) < 4.78 is 0. The zero-order valence-electron chi connectivity index (χ0n) is 7.10. The van der Waals surface area contributed by atoms with Gasteiger partial charge in [-0.25, -0.2) is 0 Å². The number of hydrogen-bond acceptors (Lipinski definition) is 1. The predicted molar refractivity (Wildman–Crippen MR) is 49.5 cm³/mol. The van der Waals surface area contributed by atoms with Crippen LogP contribution in [0.3, 0.4) is 0 Å². The Morgan fingerprint density at radius 1 is 1.30 bits per heavy atom. The summed E-state index contributed by atoms with van der Waals surface area (Å²) in [6.45, 7) is 2.42. The Balaban J connectivity index is 2.25. The smallest absolute Gasteiger partial charge is 0.00394 e. The quantitative estimate of drug-likeness (QED) is 0.595. The molecule has 2 unspecified atom stereocenters. The summed E-state index contributed by atoms with van der Waals surface area (Å²) >= 11 is 2.01. The fraction of sp³-hybridized carbons (Fsp3) is 1.00. The SMILES string of the molecule is CSCC1CCCCC1C. The van der Waals surface area contributed by atoms with Gasteiger partial charge in [0.05, 0.1) is 0 Å². The lowest BCUT2D eigenvalue weighted by Crippen LogP contribution is -2.18. The van der Waals surface area contributed by atoms with E-state index in [1.54, 1.807) is 0 Å². The minimum absolute atomic E-state index is 1.00. The molecule has 0 spiro atoms. The van der Waals surface area contributed by atoms with Gasteiger partial charge in [0.1, 0.15) is 0 Å². The molecule has 2 atom stereocenters. The molecule has 0 aliphatic heterocycles. The van der Waals surface area contributed by atoms with Gasteiger partial charge in [-0.05, 0) is 30.3 Å². The monoisotopic (exact) mass is 158 g/mol. The first kappa shape index (κ1) is 8.45. The van der Waals surface area contributed by atoms with Crippen molar-refractivity contribution in [3.63, 3.8) is 0 Å². The highest BCUT2D eigenvalue weighted by molar-refractivity contribution is 7.98. The summed E-state index contributed by atoms with van der Waals surface area (Å²) in [5.74, 6) is 3.42. The van der Waals surface area contributed by atoms with Crippen LogP contribution in [0, 0.1) is 11.8 Å². The Kier molecular flexibility index (Phi) is 3.61. The van der Waals surface area contributed by atoms with Crippen molar-refractivity contribution >= 4 is 11.8 Å². The van der Waals surface area contributed by atoms with Crippen LogP contribution in [-0.2, 0) is 0 Å². The van der Waals surface area contributed by atoms with Crippen molar-refractivity contribution in [1.29, 1.82) is 0 Å². The van der Waals surface area contributed by atoms with E-state index in [2.05, 4.69) is 13.2 Å². The van der Waals surface area contributed by atoms with Gasteiger partial charge in [-0.3, -0.25) is 0 Å². The minimum Gasteiger partial charge on any atom is -0.165 e. The molecule has 0 aromatic rings. The van der Waals surface area contributed by atoms with Gasteiger partial charge >= 0.3 is 0 Å². The third-order valence-electron chi connectivity index (χ3n) is 2.67. The summed E-state index contributed by atoms with van der Waals surface area (Å²) in [6, 6.07) is 0. The van der Waals surface area contributed by atoms with Crippen molar-refractivity contribution in [2.45, 2.75) is 32.6 Å². The standard InChI is InChI=1S/C9H18S/c1-8-5-3-4-6-9(8)7-10-2/h8-9H,3-7H2,1-2H3. The van der Waals surface area contributed by atoms with Gasteiger partial charge in [0, 0.05) is 0 Å². The first-order valence-electron chi connectivity index (χ1n) is 4.33. The van der Waals surface area contributed by atoms with Crippen LogP contribution in [0.5, 0.6) is 0 Å². The molecule has 0 radical (unpaired) electrons. The largest absolute Gasteiger partial charge is 0.165 e. The van der Waals surface area contributed by atoms with Crippen molar-refractivity contribution in [3.8, 4) is 0 Å². The molecule has 1 fully saturated rings. The third-order valence-corrected chi connectivity index (χ3v) is 3.43. The Bertz CT molecular complexity index is 88.7. The molecule has 1 rings (SSSR count). The van der Waals surface area contributed by atoms with Crippen LogP contribution < -0.4 is 0 Å². The molecule has 0 heterocycles.